The van der Waals surface area contributed by atoms with Crippen LogP contribution in [0.15, 0.2) is 24.4 Å². The van der Waals surface area contributed by atoms with Crippen molar-refractivity contribution in [1.29, 1.82) is 0 Å². The summed E-state index contributed by atoms with van der Waals surface area (Å²) in [5.74, 6) is 0. The molecule has 102 valence electrons. The summed E-state index contributed by atoms with van der Waals surface area (Å²) in [4.78, 5) is 0. The van der Waals surface area contributed by atoms with Gasteiger partial charge in [0.1, 0.15) is 0 Å². The quantitative estimate of drug-likeness (QED) is 0.896. The van der Waals surface area contributed by atoms with Crippen molar-refractivity contribution in [3.63, 3.8) is 0 Å². The highest BCUT2D eigenvalue weighted by Crippen LogP contribution is 2.19. The Balaban J connectivity index is 2.18. The Hall–Kier alpha value is -1.68. The second kappa shape index (κ2) is 5.97. The van der Waals surface area contributed by atoms with E-state index < -0.39 is 0 Å². The van der Waals surface area contributed by atoms with Crippen molar-refractivity contribution in [1.82, 2.24) is 15.0 Å². The third-order valence-corrected chi connectivity index (χ3v) is 3.41. The molecule has 2 aromatic rings. The zero-order valence-electron chi connectivity index (χ0n) is 11.9. The summed E-state index contributed by atoms with van der Waals surface area (Å²) in [5, 5.41) is 8.07. The summed E-state index contributed by atoms with van der Waals surface area (Å²) in [6.45, 7) is 7.23. The summed E-state index contributed by atoms with van der Waals surface area (Å²) < 4.78 is 1.91. The lowest BCUT2D eigenvalue weighted by Crippen LogP contribution is -2.19. The van der Waals surface area contributed by atoms with Gasteiger partial charge in [-0.1, -0.05) is 35.9 Å². The standard InChI is InChI=1S/C15H22N4/c1-4-7-19-15(10-17-18-19)14(16)9-13-8-11(2)5-6-12(13)3/h5-6,8,10,14H,4,7,9,16H2,1-3H3. The van der Waals surface area contributed by atoms with E-state index in [0.29, 0.717) is 0 Å². The van der Waals surface area contributed by atoms with Gasteiger partial charge in [-0.05, 0) is 37.8 Å². The Morgan fingerprint density at radius 1 is 1.32 bits per heavy atom. The molecule has 2 N–H and O–H groups in total. The third kappa shape index (κ3) is 3.20. The highest BCUT2D eigenvalue weighted by Gasteiger charge is 2.14. The molecule has 4 heteroatoms. The van der Waals surface area contributed by atoms with Crippen LogP contribution in [0.4, 0.5) is 0 Å². The van der Waals surface area contributed by atoms with E-state index >= 15 is 0 Å². The molecule has 1 aromatic carbocycles. The van der Waals surface area contributed by atoms with Gasteiger partial charge in [-0.25, -0.2) is 4.68 Å². The Morgan fingerprint density at radius 3 is 2.84 bits per heavy atom. The van der Waals surface area contributed by atoms with Crippen molar-refractivity contribution in [2.45, 2.75) is 46.2 Å². The molecule has 0 aliphatic heterocycles. The van der Waals surface area contributed by atoms with Gasteiger partial charge in [0.05, 0.1) is 17.9 Å². The molecule has 19 heavy (non-hydrogen) atoms. The topological polar surface area (TPSA) is 56.7 Å². The summed E-state index contributed by atoms with van der Waals surface area (Å²) in [6, 6.07) is 6.44. The molecule has 4 nitrogen and oxygen atoms in total. The van der Waals surface area contributed by atoms with E-state index in [4.69, 9.17) is 5.73 Å². The zero-order valence-corrected chi connectivity index (χ0v) is 11.9. The van der Waals surface area contributed by atoms with Crippen LogP contribution >= 0.6 is 0 Å². The lowest BCUT2D eigenvalue weighted by Gasteiger charge is -2.15. The van der Waals surface area contributed by atoms with Gasteiger partial charge in [0, 0.05) is 6.54 Å². The molecule has 0 saturated carbocycles. The molecule has 1 atom stereocenters. The molecule has 0 bridgehead atoms. The largest absolute Gasteiger partial charge is 0.322 e. The van der Waals surface area contributed by atoms with Crippen molar-refractivity contribution in [2.75, 3.05) is 0 Å². The minimum absolute atomic E-state index is 0.0537. The lowest BCUT2D eigenvalue weighted by molar-refractivity contribution is 0.525. The Labute approximate surface area is 114 Å². The average molecular weight is 258 g/mol. The zero-order chi connectivity index (χ0) is 13.8. The van der Waals surface area contributed by atoms with E-state index in [-0.39, 0.29) is 6.04 Å². The van der Waals surface area contributed by atoms with E-state index in [1.165, 1.54) is 16.7 Å². The van der Waals surface area contributed by atoms with Gasteiger partial charge in [-0.2, -0.15) is 0 Å². The second-order valence-corrected chi connectivity index (χ2v) is 5.12. The molecular formula is C15H22N4. The SMILES string of the molecule is CCCn1nncc1C(N)Cc1cc(C)ccc1C. The van der Waals surface area contributed by atoms with Gasteiger partial charge >= 0.3 is 0 Å². The Bertz CT molecular complexity index is 545. The summed E-state index contributed by atoms with van der Waals surface area (Å²) >= 11 is 0. The van der Waals surface area contributed by atoms with Crippen LogP contribution in [0, 0.1) is 13.8 Å². The van der Waals surface area contributed by atoms with Gasteiger partial charge in [-0.3, -0.25) is 0 Å². The highest BCUT2D eigenvalue weighted by molar-refractivity contribution is 5.31. The first kappa shape index (κ1) is 13.7. The Morgan fingerprint density at radius 2 is 2.11 bits per heavy atom. The van der Waals surface area contributed by atoms with Crippen molar-refractivity contribution in [3.8, 4) is 0 Å². The van der Waals surface area contributed by atoms with Gasteiger partial charge in [0.25, 0.3) is 0 Å². The number of aromatic nitrogens is 3. The van der Waals surface area contributed by atoms with Crippen LogP contribution in [0.3, 0.4) is 0 Å². The van der Waals surface area contributed by atoms with E-state index in [1.54, 1.807) is 6.20 Å². The van der Waals surface area contributed by atoms with Gasteiger partial charge < -0.3 is 5.73 Å². The van der Waals surface area contributed by atoms with E-state index in [9.17, 15) is 0 Å². The number of rotatable bonds is 5. The molecule has 1 heterocycles. The first-order valence-electron chi connectivity index (χ1n) is 6.82. The number of nitrogens with two attached hydrogens (primary N) is 1. The van der Waals surface area contributed by atoms with E-state index in [0.717, 1.165) is 25.1 Å². The number of aryl methyl sites for hydroxylation is 3. The average Bonchev–Trinajstić information content (AvgIpc) is 2.82. The smallest absolute Gasteiger partial charge is 0.0757 e. The van der Waals surface area contributed by atoms with Crippen LogP contribution in [0.5, 0.6) is 0 Å². The van der Waals surface area contributed by atoms with Gasteiger partial charge in [0.2, 0.25) is 0 Å². The molecule has 0 radical (unpaired) electrons. The maximum Gasteiger partial charge on any atom is 0.0757 e. The van der Waals surface area contributed by atoms with Crippen molar-refractivity contribution in [3.05, 3.63) is 46.8 Å². The minimum atomic E-state index is -0.0537. The van der Waals surface area contributed by atoms with Gasteiger partial charge in [-0.15, -0.1) is 5.10 Å². The number of nitrogens with zero attached hydrogens (tertiary/aromatic N) is 3. The van der Waals surface area contributed by atoms with Crippen LogP contribution in [-0.2, 0) is 13.0 Å². The van der Waals surface area contributed by atoms with Crippen LogP contribution in [0.2, 0.25) is 0 Å². The van der Waals surface area contributed by atoms with Crippen molar-refractivity contribution < 1.29 is 0 Å². The van der Waals surface area contributed by atoms with Crippen LogP contribution in [-0.4, -0.2) is 15.0 Å². The van der Waals surface area contributed by atoms with Crippen LogP contribution in [0.25, 0.3) is 0 Å². The molecule has 0 amide bonds. The van der Waals surface area contributed by atoms with Crippen molar-refractivity contribution >= 4 is 0 Å². The molecule has 0 fully saturated rings. The monoisotopic (exact) mass is 258 g/mol. The predicted molar refractivity (Wildman–Crippen MR) is 76.9 cm³/mol. The number of hydrogen-bond donors (Lipinski definition) is 1. The van der Waals surface area contributed by atoms with Crippen LogP contribution < -0.4 is 5.73 Å². The Kier molecular flexibility index (Phi) is 4.32. The summed E-state index contributed by atoms with van der Waals surface area (Å²) in [5.41, 5.74) is 11.2. The normalized spacial score (nSPS) is 12.6. The predicted octanol–water partition coefficient (Wildman–Crippen LogP) is 2.55. The number of hydrogen-bond acceptors (Lipinski definition) is 3. The maximum absolute atomic E-state index is 6.32. The van der Waals surface area contributed by atoms with Crippen LogP contribution in [0.1, 0.15) is 41.8 Å². The molecule has 2 rings (SSSR count). The minimum Gasteiger partial charge on any atom is -0.322 e. The molecule has 0 spiro atoms. The fourth-order valence-electron chi connectivity index (χ4n) is 2.30. The fraction of sp³-hybridized carbons (Fsp3) is 0.467. The number of benzene rings is 1. The van der Waals surface area contributed by atoms with Gasteiger partial charge in [0.15, 0.2) is 0 Å². The maximum atomic E-state index is 6.32. The summed E-state index contributed by atoms with van der Waals surface area (Å²) in [6.07, 6.45) is 3.64. The molecule has 0 saturated heterocycles. The third-order valence-electron chi connectivity index (χ3n) is 3.41. The fourth-order valence-corrected chi connectivity index (χ4v) is 2.30. The van der Waals surface area contributed by atoms with E-state index in [1.807, 2.05) is 4.68 Å². The lowest BCUT2D eigenvalue weighted by atomic mass is 9.98. The second-order valence-electron chi connectivity index (χ2n) is 5.12. The first-order chi connectivity index (χ1) is 9.11. The van der Waals surface area contributed by atoms with E-state index in [2.05, 4.69) is 49.3 Å². The molecule has 0 aliphatic rings. The molecule has 1 aromatic heterocycles. The first-order valence-corrected chi connectivity index (χ1v) is 6.82. The molecular weight excluding hydrogens is 236 g/mol. The highest BCUT2D eigenvalue weighted by atomic mass is 15.4. The molecule has 1 unspecified atom stereocenters. The summed E-state index contributed by atoms with van der Waals surface area (Å²) in [7, 11) is 0. The molecule has 0 aliphatic carbocycles. The van der Waals surface area contributed by atoms with Crippen molar-refractivity contribution in [2.24, 2.45) is 5.73 Å².